The average Bonchev–Trinajstić information content (AvgIpc) is 3.27. The van der Waals surface area contributed by atoms with Gasteiger partial charge in [-0.3, -0.25) is 19.8 Å². The van der Waals surface area contributed by atoms with E-state index in [1.807, 2.05) is 18.4 Å². The summed E-state index contributed by atoms with van der Waals surface area (Å²) in [5, 5.41) is 5.40. The number of piperidine rings is 1. The van der Waals surface area contributed by atoms with Gasteiger partial charge in [0.15, 0.2) is 17.5 Å². The number of nitrogens with zero attached hydrogens (tertiary/aromatic N) is 2. The Morgan fingerprint density at radius 3 is 2.83 bits per heavy atom. The van der Waals surface area contributed by atoms with E-state index in [0.717, 1.165) is 42.4 Å². The molecule has 0 saturated carbocycles. The molecule has 6 nitrogen and oxygen atoms in total. The van der Waals surface area contributed by atoms with E-state index in [9.17, 15) is 9.59 Å². The highest BCUT2D eigenvalue weighted by Gasteiger charge is 2.31. The van der Waals surface area contributed by atoms with Crippen molar-refractivity contribution in [2.45, 2.75) is 52.5 Å². The van der Waals surface area contributed by atoms with Crippen LogP contribution in [0.15, 0.2) is 17.5 Å². The standard InChI is InChI=1S/C23H29N3O3S/c1-14-6-8-26(9-7-14)11-17-13-30-23(24-17)25-20(28)12-29-19-5-4-15(2)21-16(3)10-18(27)22(19)21/h4-5,13-14,16H,6-12H2,1-3H3,(H,24,25,28). The van der Waals surface area contributed by atoms with Crippen molar-refractivity contribution < 1.29 is 14.3 Å². The van der Waals surface area contributed by atoms with Crippen molar-refractivity contribution in [1.82, 2.24) is 9.88 Å². The number of carbonyl (C=O) groups excluding carboxylic acids is 2. The Morgan fingerprint density at radius 1 is 1.30 bits per heavy atom. The van der Waals surface area contributed by atoms with Gasteiger partial charge in [-0.15, -0.1) is 11.3 Å². The van der Waals surface area contributed by atoms with Crippen molar-refractivity contribution in [3.05, 3.63) is 39.9 Å². The van der Waals surface area contributed by atoms with E-state index in [1.165, 1.54) is 24.2 Å². The molecular formula is C23H29N3O3S. The van der Waals surface area contributed by atoms with Crippen LogP contribution in [0.3, 0.4) is 0 Å². The number of hydrogen-bond donors (Lipinski definition) is 1. The lowest BCUT2D eigenvalue weighted by Gasteiger charge is -2.29. The number of fused-ring (bicyclic) bond motifs is 1. The summed E-state index contributed by atoms with van der Waals surface area (Å²) >= 11 is 1.43. The summed E-state index contributed by atoms with van der Waals surface area (Å²) < 4.78 is 5.73. The van der Waals surface area contributed by atoms with Crippen LogP contribution in [0.25, 0.3) is 0 Å². The molecule has 30 heavy (non-hydrogen) atoms. The number of rotatable bonds is 6. The maximum absolute atomic E-state index is 12.4. The predicted octanol–water partition coefficient (Wildman–Crippen LogP) is 4.39. The van der Waals surface area contributed by atoms with Gasteiger partial charge in [0.2, 0.25) is 0 Å². The van der Waals surface area contributed by atoms with Crippen molar-refractivity contribution in [3.8, 4) is 5.75 Å². The first kappa shape index (κ1) is 21.0. The Hall–Kier alpha value is -2.25. The molecule has 1 saturated heterocycles. The van der Waals surface area contributed by atoms with Crippen molar-refractivity contribution in [1.29, 1.82) is 0 Å². The van der Waals surface area contributed by atoms with Gasteiger partial charge in [-0.05, 0) is 61.9 Å². The normalized spacial score (nSPS) is 19.7. The number of thiazole rings is 1. The molecule has 2 heterocycles. The fraction of sp³-hybridized carbons (Fsp3) is 0.522. The van der Waals surface area contributed by atoms with Crippen LogP contribution in [0.5, 0.6) is 5.75 Å². The zero-order valence-electron chi connectivity index (χ0n) is 17.9. The van der Waals surface area contributed by atoms with Crippen molar-refractivity contribution in [2.75, 3.05) is 25.0 Å². The number of likely N-dealkylation sites (tertiary alicyclic amines) is 1. The Bertz CT molecular complexity index is 947. The van der Waals surface area contributed by atoms with Gasteiger partial charge in [0.05, 0.1) is 11.3 Å². The molecule has 2 aromatic rings. The highest BCUT2D eigenvalue weighted by Crippen LogP contribution is 2.40. The summed E-state index contributed by atoms with van der Waals surface area (Å²) in [6, 6.07) is 3.74. The number of ether oxygens (including phenoxy) is 1. The Balaban J connectivity index is 1.32. The highest BCUT2D eigenvalue weighted by molar-refractivity contribution is 7.13. The van der Waals surface area contributed by atoms with Gasteiger partial charge in [0.1, 0.15) is 5.75 Å². The SMILES string of the molecule is Cc1ccc(OCC(=O)Nc2nc(CN3CCC(C)CC3)cs2)c2c1C(C)CC2=O. The van der Waals surface area contributed by atoms with Crippen LogP contribution in [0, 0.1) is 12.8 Å². The lowest BCUT2D eigenvalue weighted by Crippen LogP contribution is -2.32. The van der Waals surface area contributed by atoms with Crippen LogP contribution < -0.4 is 10.1 Å². The molecule has 1 fully saturated rings. The number of Topliss-reactive ketones (excluding diaryl/α,β-unsaturated/α-hetero) is 1. The molecule has 1 aliphatic carbocycles. The minimum Gasteiger partial charge on any atom is -0.483 e. The summed E-state index contributed by atoms with van der Waals surface area (Å²) in [6.45, 7) is 9.25. The number of nitrogens with one attached hydrogen (secondary N) is 1. The van der Waals surface area contributed by atoms with Crippen molar-refractivity contribution in [3.63, 3.8) is 0 Å². The van der Waals surface area contributed by atoms with E-state index in [4.69, 9.17) is 4.74 Å². The van der Waals surface area contributed by atoms with Gasteiger partial charge >= 0.3 is 0 Å². The van der Waals surface area contributed by atoms with E-state index in [0.29, 0.717) is 22.9 Å². The summed E-state index contributed by atoms with van der Waals surface area (Å²) in [6.07, 6.45) is 2.96. The monoisotopic (exact) mass is 427 g/mol. The zero-order chi connectivity index (χ0) is 21.3. The number of amides is 1. The summed E-state index contributed by atoms with van der Waals surface area (Å²) in [5.41, 5.74) is 3.78. The van der Waals surface area contributed by atoms with E-state index in [1.54, 1.807) is 6.07 Å². The summed E-state index contributed by atoms with van der Waals surface area (Å²) in [5.74, 6) is 1.32. The maximum Gasteiger partial charge on any atom is 0.264 e. The molecule has 2 aliphatic rings. The molecule has 1 unspecified atom stereocenters. The molecule has 0 radical (unpaired) electrons. The first-order chi connectivity index (χ1) is 14.4. The molecule has 0 bridgehead atoms. The molecule has 1 aliphatic heterocycles. The number of ketones is 1. The molecule has 1 atom stereocenters. The second kappa shape index (κ2) is 8.86. The van der Waals surface area contributed by atoms with Gasteiger partial charge in [-0.2, -0.15) is 0 Å². The molecule has 1 aromatic heterocycles. The molecule has 4 rings (SSSR count). The van der Waals surface area contributed by atoms with Crippen LogP contribution in [0.4, 0.5) is 5.13 Å². The molecule has 160 valence electrons. The van der Waals surface area contributed by atoms with Crippen molar-refractivity contribution >= 4 is 28.2 Å². The number of hydrogen-bond acceptors (Lipinski definition) is 6. The fourth-order valence-corrected chi connectivity index (χ4v) is 5.13. The molecule has 0 spiro atoms. The molecule has 1 N–H and O–H groups in total. The first-order valence-electron chi connectivity index (χ1n) is 10.7. The maximum atomic E-state index is 12.4. The van der Waals surface area contributed by atoms with Gasteiger partial charge in [0, 0.05) is 18.3 Å². The summed E-state index contributed by atoms with van der Waals surface area (Å²) in [4.78, 5) is 31.7. The predicted molar refractivity (Wildman–Crippen MR) is 118 cm³/mol. The van der Waals surface area contributed by atoms with Gasteiger partial charge in [0.25, 0.3) is 5.91 Å². The number of benzene rings is 1. The first-order valence-corrected chi connectivity index (χ1v) is 11.5. The number of aryl methyl sites for hydroxylation is 1. The van der Waals surface area contributed by atoms with E-state index in [2.05, 4.69) is 29.0 Å². The molecular weight excluding hydrogens is 398 g/mol. The Labute approximate surface area is 181 Å². The topological polar surface area (TPSA) is 71.5 Å². The Kier molecular flexibility index (Phi) is 6.20. The quantitative estimate of drug-likeness (QED) is 0.740. The third-order valence-electron chi connectivity index (χ3n) is 6.11. The summed E-state index contributed by atoms with van der Waals surface area (Å²) in [7, 11) is 0. The van der Waals surface area contributed by atoms with Gasteiger partial charge in [-0.1, -0.05) is 19.9 Å². The highest BCUT2D eigenvalue weighted by atomic mass is 32.1. The number of anilines is 1. The Morgan fingerprint density at radius 2 is 2.07 bits per heavy atom. The molecule has 7 heteroatoms. The molecule has 1 amide bonds. The van der Waals surface area contributed by atoms with Crippen LogP contribution in [-0.4, -0.2) is 41.3 Å². The van der Waals surface area contributed by atoms with E-state index < -0.39 is 0 Å². The number of carbonyl (C=O) groups is 2. The van der Waals surface area contributed by atoms with Crippen LogP contribution in [-0.2, 0) is 11.3 Å². The second-order valence-electron chi connectivity index (χ2n) is 8.64. The molecule has 1 aromatic carbocycles. The minimum absolute atomic E-state index is 0.0910. The second-order valence-corrected chi connectivity index (χ2v) is 9.50. The third kappa shape index (κ3) is 4.57. The lowest BCUT2D eigenvalue weighted by atomic mass is 9.97. The third-order valence-corrected chi connectivity index (χ3v) is 6.91. The van der Waals surface area contributed by atoms with Crippen molar-refractivity contribution in [2.24, 2.45) is 5.92 Å². The smallest absolute Gasteiger partial charge is 0.264 e. The largest absolute Gasteiger partial charge is 0.483 e. The van der Waals surface area contributed by atoms with Crippen LogP contribution in [0.1, 0.15) is 66.2 Å². The average molecular weight is 428 g/mol. The van der Waals surface area contributed by atoms with Gasteiger partial charge in [-0.25, -0.2) is 4.98 Å². The minimum atomic E-state index is -0.268. The fourth-order valence-electron chi connectivity index (χ4n) is 4.41. The van der Waals surface area contributed by atoms with E-state index >= 15 is 0 Å². The lowest BCUT2D eigenvalue weighted by molar-refractivity contribution is -0.118. The van der Waals surface area contributed by atoms with Gasteiger partial charge < -0.3 is 4.74 Å². The van der Waals surface area contributed by atoms with E-state index in [-0.39, 0.29) is 24.2 Å². The van der Waals surface area contributed by atoms with Crippen LogP contribution >= 0.6 is 11.3 Å². The zero-order valence-corrected chi connectivity index (χ0v) is 18.7. The number of aromatic nitrogens is 1. The van der Waals surface area contributed by atoms with Crippen LogP contribution in [0.2, 0.25) is 0 Å².